The number of nitrogens with one attached hydrogen (secondary N) is 1. The quantitative estimate of drug-likeness (QED) is 0.447. The molecule has 8 heteroatoms. The second kappa shape index (κ2) is 9.38. The topological polar surface area (TPSA) is 63.1 Å². The number of rotatable bonds is 8. The summed E-state index contributed by atoms with van der Waals surface area (Å²) in [6, 6.07) is 14.0. The molecule has 29 heavy (non-hydrogen) atoms. The minimum absolute atomic E-state index is 0.0847. The van der Waals surface area contributed by atoms with E-state index in [0.29, 0.717) is 17.5 Å². The van der Waals surface area contributed by atoms with Crippen LogP contribution in [0.4, 0.5) is 15.8 Å². The lowest BCUT2D eigenvalue weighted by molar-refractivity contribution is -0.113. The molecule has 0 radical (unpaired) electrons. The van der Waals surface area contributed by atoms with Crippen molar-refractivity contribution in [3.63, 3.8) is 0 Å². The van der Waals surface area contributed by atoms with Crippen molar-refractivity contribution >= 4 is 29.0 Å². The number of para-hydroxylation sites is 1. The Morgan fingerprint density at radius 1 is 1.24 bits per heavy atom. The van der Waals surface area contributed by atoms with Gasteiger partial charge in [-0.2, -0.15) is 0 Å². The molecule has 150 valence electrons. The molecule has 3 rings (SSSR count). The molecule has 0 aliphatic rings. The lowest BCUT2D eigenvalue weighted by atomic mass is 10.2. The third kappa shape index (κ3) is 5.03. The Bertz CT molecular complexity index is 1020. The van der Waals surface area contributed by atoms with Gasteiger partial charge in [-0.25, -0.2) is 4.39 Å². The molecule has 0 unspecified atom stereocenters. The number of allylic oxidation sites excluding steroid dienone is 1. The van der Waals surface area contributed by atoms with Gasteiger partial charge in [-0.3, -0.25) is 9.36 Å². The smallest absolute Gasteiger partial charge is 0.234 e. The van der Waals surface area contributed by atoms with Crippen molar-refractivity contribution in [1.29, 1.82) is 0 Å². The zero-order valence-electron chi connectivity index (χ0n) is 16.3. The van der Waals surface area contributed by atoms with Crippen molar-refractivity contribution in [2.24, 2.45) is 0 Å². The van der Waals surface area contributed by atoms with Crippen LogP contribution in [0.25, 0.3) is 11.4 Å². The molecule has 0 fully saturated rings. The van der Waals surface area contributed by atoms with Crippen molar-refractivity contribution < 1.29 is 9.18 Å². The summed E-state index contributed by atoms with van der Waals surface area (Å²) in [6.45, 7) is 4.31. The Hall–Kier alpha value is -3.13. The Morgan fingerprint density at radius 3 is 2.76 bits per heavy atom. The predicted octanol–water partition coefficient (Wildman–Crippen LogP) is 4.07. The molecule has 0 aliphatic carbocycles. The van der Waals surface area contributed by atoms with E-state index in [1.54, 1.807) is 18.2 Å². The Balaban J connectivity index is 1.76. The highest BCUT2D eigenvalue weighted by Crippen LogP contribution is 2.27. The maximum Gasteiger partial charge on any atom is 0.234 e. The van der Waals surface area contributed by atoms with Crippen LogP contribution in [0.1, 0.15) is 0 Å². The van der Waals surface area contributed by atoms with E-state index in [1.165, 1.54) is 23.9 Å². The molecule has 0 bridgehead atoms. The normalized spacial score (nSPS) is 10.6. The Morgan fingerprint density at radius 2 is 2.03 bits per heavy atom. The maximum absolute atomic E-state index is 13.7. The van der Waals surface area contributed by atoms with Crippen LogP contribution in [-0.2, 0) is 11.3 Å². The van der Waals surface area contributed by atoms with E-state index in [2.05, 4.69) is 22.1 Å². The number of hydrogen-bond donors (Lipinski definition) is 1. The third-order valence-electron chi connectivity index (χ3n) is 4.13. The molecule has 1 aromatic heterocycles. The molecule has 6 nitrogen and oxygen atoms in total. The number of nitrogens with zero attached hydrogens (tertiary/aromatic N) is 4. The van der Waals surface area contributed by atoms with Crippen LogP contribution in [0.5, 0.6) is 0 Å². The number of benzene rings is 2. The summed E-state index contributed by atoms with van der Waals surface area (Å²) >= 11 is 1.24. The van der Waals surface area contributed by atoms with Gasteiger partial charge in [0.2, 0.25) is 5.91 Å². The van der Waals surface area contributed by atoms with Gasteiger partial charge in [-0.05, 0) is 24.3 Å². The summed E-state index contributed by atoms with van der Waals surface area (Å²) in [4.78, 5) is 14.2. The van der Waals surface area contributed by atoms with Crippen molar-refractivity contribution in [2.45, 2.75) is 11.7 Å². The zero-order chi connectivity index (χ0) is 20.8. The Labute approximate surface area is 173 Å². The van der Waals surface area contributed by atoms with Gasteiger partial charge < -0.3 is 10.2 Å². The van der Waals surface area contributed by atoms with E-state index >= 15 is 0 Å². The number of halogens is 1. The number of carbonyl (C=O) groups excluding carboxylic acids is 1. The van der Waals surface area contributed by atoms with Crippen LogP contribution in [-0.4, -0.2) is 40.5 Å². The number of hydrogen-bond acceptors (Lipinski definition) is 5. The van der Waals surface area contributed by atoms with E-state index in [4.69, 9.17) is 0 Å². The summed E-state index contributed by atoms with van der Waals surface area (Å²) in [5, 5.41) is 11.7. The molecule has 0 atom stereocenters. The van der Waals surface area contributed by atoms with Crippen LogP contribution in [0.3, 0.4) is 0 Å². The van der Waals surface area contributed by atoms with Gasteiger partial charge in [0.25, 0.3) is 0 Å². The number of amides is 1. The first kappa shape index (κ1) is 20.6. The minimum atomic E-state index is -0.469. The van der Waals surface area contributed by atoms with E-state index in [-0.39, 0.29) is 17.3 Å². The number of carbonyl (C=O) groups is 1. The van der Waals surface area contributed by atoms with Gasteiger partial charge >= 0.3 is 0 Å². The summed E-state index contributed by atoms with van der Waals surface area (Å²) in [7, 11) is 3.95. The summed E-state index contributed by atoms with van der Waals surface area (Å²) < 4.78 is 15.6. The molecule has 3 aromatic rings. The largest absolute Gasteiger partial charge is 0.378 e. The standard InChI is InChI=1S/C21H22FN5OS/c1-4-12-27-20(15-8-7-9-16(13-15)26(2)3)24-25-21(27)29-14-19(28)23-18-11-6-5-10-17(18)22/h4-11,13H,1,12,14H2,2-3H3,(H,23,28). The van der Waals surface area contributed by atoms with Gasteiger partial charge in [0.05, 0.1) is 11.4 Å². The van der Waals surface area contributed by atoms with Crippen LogP contribution < -0.4 is 10.2 Å². The third-order valence-corrected chi connectivity index (χ3v) is 5.10. The molecular formula is C21H22FN5OS. The van der Waals surface area contributed by atoms with Crippen LogP contribution >= 0.6 is 11.8 Å². The van der Waals surface area contributed by atoms with Gasteiger partial charge in [-0.15, -0.1) is 16.8 Å². The first-order valence-electron chi connectivity index (χ1n) is 8.98. The average molecular weight is 412 g/mol. The number of thioether (sulfide) groups is 1. The first-order valence-corrected chi connectivity index (χ1v) is 9.97. The minimum Gasteiger partial charge on any atom is -0.378 e. The monoisotopic (exact) mass is 411 g/mol. The van der Waals surface area contributed by atoms with E-state index < -0.39 is 5.82 Å². The first-order chi connectivity index (χ1) is 14.0. The van der Waals surface area contributed by atoms with Gasteiger partial charge in [-0.1, -0.05) is 42.1 Å². The fourth-order valence-corrected chi connectivity index (χ4v) is 3.45. The van der Waals surface area contributed by atoms with Crippen LogP contribution in [0.15, 0.2) is 66.3 Å². The molecule has 0 saturated carbocycles. The fourth-order valence-electron chi connectivity index (χ4n) is 2.70. The van der Waals surface area contributed by atoms with Gasteiger partial charge in [0.15, 0.2) is 11.0 Å². The fraction of sp³-hybridized carbons (Fsp3) is 0.190. The van der Waals surface area contributed by atoms with Crippen molar-refractivity contribution in [1.82, 2.24) is 14.8 Å². The van der Waals surface area contributed by atoms with E-state index in [0.717, 1.165) is 11.3 Å². The predicted molar refractivity (Wildman–Crippen MR) is 116 cm³/mol. The highest BCUT2D eigenvalue weighted by Gasteiger charge is 2.16. The Kier molecular flexibility index (Phi) is 6.66. The highest BCUT2D eigenvalue weighted by molar-refractivity contribution is 7.99. The molecule has 2 aromatic carbocycles. The molecule has 0 aliphatic heterocycles. The van der Waals surface area contributed by atoms with Crippen LogP contribution in [0, 0.1) is 5.82 Å². The molecule has 1 amide bonds. The maximum atomic E-state index is 13.7. The van der Waals surface area contributed by atoms with Gasteiger partial charge in [0.1, 0.15) is 5.82 Å². The number of aromatic nitrogens is 3. The zero-order valence-corrected chi connectivity index (χ0v) is 17.1. The van der Waals surface area contributed by atoms with E-state index in [1.807, 2.05) is 47.8 Å². The van der Waals surface area contributed by atoms with Gasteiger partial charge in [0, 0.05) is 31.9 Å². The van der Waals surface area contributed by atoms with Crippen molar-refractivity contribution in [3.8, 4) is 11.4 Å². The second-order valence-electron chi connectivity index (χ2n) is 6.47. The summed E-state index contributed by atoms with van der Waals surface area (Å²) in [6.07, 6.45) is 1.76. The molecular weight excluding hydrogens is 389 g/mol. The number of anilines is 2. The lowest BCUT2D eigenvalue weighted by Crippen LogP contribution is -2.15. The van der Waals surface area contributed by atoms with Crippen LogP contribution in [0.2, 0.25) is 0 Å². The molecule has 0 spiro atoms. The van der Waals surface area contributed by atoms with Crippen molar-refractivity contribution in [3.05, 3.63) is 67.0 Å². The van der Waals surface area contributed by atoms with Crippen molar-refractivity contribution in [2.75, 3.05) is 30.1 Å². The molecule has 0 saturated heterocycles. The molecule has 1 heterocycles. The SMILES string of the molecule is C=CCn1c(SCC(=O)Nc2ccccc2F)nnc1-c1cccc(N(C)C)c1. The van der Waals surface area contributed by atoms with E-state index in [9.17, 15) is 9.18 Å². The molecule has 1 N–H and O–H groups in total. The summed E-state index contributed by atoms with van der Waals surface area (Å²) in [5.41, 5.74) is 2.13. The highest BCUT2D eigenvalue weighted by atomic mass is 32.2. The second-order valence-corrected chi connectivity index (χ2v) is 7.41. The summed E-state index contributed by atoms with van der Waals surface area (Å²) in [5.74, 6) is 0.000184. The lowest BCUT2D eigenvalue weighted by Gasteiger charge is -2.14. The average Bonchev–Trinajstić information content (AvgIpc) is 3.11.